The summed E-state index contributed by atoms with van der Waals surface area (Å²) < 4.78 is 10.2. The molecule has 0 aliphatic rings. The number of nitrogens with one attached hydrogen (secondary N) is 2. The number of rotatable bonds is 14. The van der Waals surface area contributed by atoms with Crippen molar-refractivity contribution < 1.29 is 19.4 Å². The maximum absolute atomic E-state index is 9.98. The largest absolute Gasteiger partial charge is 0.511 e. The molecule has 0 bridgehead atoms. The van der Waals surface area contributed by atoms with Gasteiger partial charge in [0.15, 0.2) is 0 Å². The minimum atomic E-state index is -0.111. The number of ether oxygens (including phenoxy) is 2. The molecule has 0 aromatic carbocycles. The highest BCUT2D eigenvalue weighted by molar-refractivity contribution is 5.50. The van der Waals surface area contributed by atoms with Gasteiger partial charge in [0.2, 0.25) is 0 Å². The van der Waals surface area contributed by atoms with Gasteiger partial charge in [0.25, 0.3) is 0 Å². The van der Waals surface area contributed by atoms with Crippen LogP contribution in [0.15, 0.2) is 24.6 Å². The van der Waals surface area contributed by atoms with Gasteiger partial charge in [-0.1, -0.05) is 13.2 Å². The fraction of sp³-hybridized carbons (Fsp3) is 0.643. The quantitative estimate of drug-likeness (QED) is 0.248. The van der Waals surface area contributed by atoms with E-state index in [0.29, 0.717) is 32.7 Å². The summed E-state index contributed by atoms with van der Waals surface area (Å²) in [7, 11) is 1.78. The second-order valence-electron chi connectivity index (χ2n) is 4.26. The van der Waals surface area contributed by atoms with Crippen molar-refractivity contribution in [3.63, 3.8) is 0 Å². The Labute approximate surface area is 120 Å². The first kappa shape index (κ1) is 18.6. The van der Waals surface area contributed by atoms with E-state index in [1.165, 1.54) is 0 Å². The van der Waals surface area contributed by atoms with E-state index in [0.717, 1.165) is 18.5 Å². The smallest absolute Gasteiger partial charge is 0.145 e. The van der Waals surface area contributed by atoms with E-state index in [4.69, 9.17) is 9.47 Å². The van der Waals surface area contributed by atoms with Gasteiger partial charge in [-0.05, 0) is 19.9 Å². The summed E-state index contributed by atoms with van der Waals surface area (Å²) >= 11 is 0. The van der Waals surface area contributed by atoms with Crippen molar-refractivity contribution in [3.8, 4) is 0 Å². The first-order valence-corrected chi connectivity index (χ1v) is 6.67. The average molecular weight is 286 g/mol. The lowest BCUT2D eigenvalue weighted by Gasteiger charge is -2.16. The summed E-state index contributed by atoms with van der Waals surface area (Å²) in [4.78, 5) is 9.98. The van der Waals surface area contributed by atoms with Gasteiger partial charge < -0.3 is 30.0 Å². The second-order valence-corrected chi connectivity index (χ2v) is 4.26. The van der Waals surface area contributed by atoms with Gasteiger partial charge in [0.1, 0.15) is 18.7 Å². The van der Waals surface area contributed by atoms with Gasteiger partial charge >= 0.3 is 0 Å². The highest BCUT2D eigenvalue weighted by atomic mass is 16.5. The van der Waals surface area contributed by atoms with Gasteiger partial charge in [0.05, 0.1) is 25.9 Å². The molecule has 116 valence electrons. The molecule has 6 nitrogen and oxygen atoms in total. The molecule has 0 aliphatic heterocycles. The molecule has 3 N–H and O–H groups in total. The molecule has 6 heteroatoms. The molecule has 0 heterocycles. The molecule has 1 unspecified atom stereocenters. The number of aldehydes is 1. The number of hydrogen-bond donors (Lipinski definition) is 3. The number of likely N-dealkylation sites (N-methyl/N-ethyl adjacent to an activating group) is 1. The number of allylic oxidation sites excluding steroid dienone is 1. The van der Waals surface area contributed by atoms with Crippen molar-refractivity contribution in [2.45, 2.75) is 18.9 Å². The van der Waals surface area contributed by atoms with E-state index in [2.05, 4.69) is 23.8 Å². The molecule has 0 radical (unpaired) electrons. The lowest BCUT2D eigenvalue weighted by Crippen LogP contribution is -2.28. The zero-order chi connectivity index (χ0) is 15.2. The zero-order valence-electron chi connectivity index (χ0n) is 12.2. The van der Waals surface area contributed by atoms with Crippen LogP contribution in [0.25, 0.3) is 0 Å². The van der Waals surface area contributed by atoms with Gasteiger partial charge in [-0.25, -0.2) is 0 Å². The predicted octanol–water partition coefficient (Wildman–Crippen LogP) is 0.762. The number of hydrogen-bond acceptors (Lipinski definition) is 6. The van der Waals surface area contributed by atoms with Crippen LogP contribution in [0.2, 0.25) is 0 Å². The summed E-state index contributed by atoms with van der Waals surface area (Å²) in [5, 5.41) is 15.4. The van der Waals surface area contributed by atoms with Crippen LogP contribution in [0.3, 0.4) is 0 Å². The normalized spacial score (nSPS) is 11.8. The van der Waals surface area contributed by atoms with Crippen molar-refractivity contribution in [3.05, 3.63) is 24.6 Å². The molecular formula is C14H26N2O4. The molecule has 0 saturated carbocycles. The average Bonchev–Trinajstić information content (AvgIpc) is 2.42. The Morgan fingerprint density at radius 3 is 2.60 bits per heavy atom. The number of carbonyl (C=O) groups is 1. The van der Waals surface area contributed by atoms with Gasteiger partial charge in [-0.15, -0.1) is 0 Å². The summed E-state index contributed by atoms with van der Waals surface area (Å²) in [6, 6.07) is -0.111. The summed E-state index contributed by atoms with van der Waals surface area (Å²) in [6.07, 6.45) is 2.19. The monoisotopic (exact) mass is 286 g/mol. The Kier molecular flexibility index (Phi) is 11.8. The van der Waals surface area contributed by atoms with E-state index in [1.54, 1.807) is 7.05 Å². The Hall–Kier alpha value is -1.37. The summed E-state index contributed by atoms with van der Waals surface area (Å²) in [5.74, 6) is 0.138. The minimum Gasteiger partial charge on any atom is -0.511 e. The van der Waals surface area contributed by atoms with Crippen molar-refractivity contribution in [1.29, 1.82) is 0 Å². The maximum Gasteiger partial charge on any atom is 0.145 e. The van der Waals surface area contributed by atoms with Crippen molar-refractivity contribution in [2.24, 2.45) is 0 Å². The molecule has 20 heavy (non-hydrogen) atoms. The lowest BCUT2D eigenvalue weighted by molar-refractivity contribution is -0.112. The third-order valence-electron chi connectivity index (χ3n) is 2.66. The van der Waals surface area contributed by atoms with E-state index < -0.39 is 0 Å². The molecule has 0 rings (SSSR count). The van der Waals surface area contributed by atoms with Crippen LogP contribution >= 0.6 is 0 Å². The lowest BCUT2D eigenvalue weighted by atomic mass is 10.1. The van der Waals surface area contributed by atoms with Crippen LogP contribution in [0.5, 0.6) is 0 Å². The highest BCUT2D eigenvalue weighted by Crippen LogP contribution is 2.07. The molecule has 0 aromatic heterocycles. The summed E-state index contributed by atoms with van der Waals surface area (Å²) in [6.45, 7) is 9.63. The number of carbonyl (C=O) groups excluding carboxylic acids is 1. The fourth-order valence-corrected chi connectivity index (χ4v) is 1.54. The number of aliphatic hydroxyl groups is 1. The first-order valence-electron chi connectivity index (χ1n) is 6.67. The topological polar surface area (TPSA) is 79.8 Å². The van der Waals surface area contributed by atoms with Crippen LogP contribution in [-0.4, -0.2) is 57.5 Å². The van der Waals surface area contributed by atoms with Crippen LogP contribution in [0.4, 0.5) is 0 Å². The molecule has 0 amide bonds. The zero-order valence-corrected chi connectivity index (χ0v) is 12.2. The molecule has 0 aliphatic carbocycles. The van der Waals surface area contributed by atoms with Crippen LogP contribution in [-0.2, 0) is 14.3 Å². The number of aliphatic hydroxyl groups excluding tert-OH is 1. The third-order valence-corrected chi connectivity index (χ3v) is 2.66. The van der Waals surface area contributed by atoms with E-state index in [9.17, 15) is 9.90 Å². The van der Waals surface area contributed by atoms with Gasteiger partial charge in [0, 0.05) is 12.2 Å². The van der Waals surface area contributed by atoms with Crippen LogP contribution < -0.4 is 10.6 Å². The van der Waals surface area contributed by atoms with Gasteiger partial charge in [-0.3, -0.25) is 0 Å². The standard InChI is InChI=1S/C14H26N2O4/c1-12(4-5-14(15-3)13(2)18)16-6-8-19-10-11-20-9-7-17/h7,14-16,18H,1-2,4-6,8-11H2,3H3. The minimum absolute atomic E-state index is 0.111. The van der Waals surface area contributed by atoms with Gasteiger partial charge in [-0.2, -0.15) is 0 Å². The Bertz CT molecular complexity index is 295. The van der Waals surface area contributed by atoms with E-state index in [1.807, 2.05) is 0 Å². The third kappa shape index (κ3) is 10.5. The SMILES string of the molecule is C=C(CCC(NC)C(=C)O)NCCOCCOCC=O. The Morgan fingerprint density at radius 2 is 2.00 bits per heavy atom. The highest BCUT2D eigenvalue weighted by Gasteiger charge is 2.08. The van der Waals surface area contributed by atoms with Crippen LogP contribution in [0, 0.1) is 0 Å². The Morgan fingerprint density at radius 1 is 1.30 bits per heavy atom. The Balaban J connectivity index is 3.45. The molecular weight excluding hydrogens is 260 g/mol. The maximum atomic E-state index is 9.98. The summed E-state index contributed by atoms with van der Waals surface area (Å²) in [5.41, 5.74) is 0.896. The van der Waals surface area contributed by atoms with Crippen molar-refractivity contribution >= 4 is 6.29 Å². The van der Waals surface area contributed by atoms with Crippen LogP contribution in [0.1, 0.15) is 12.8 Å². The molecule has 0 aromatic rings. The molecule has 0 fully saturated rings. The molecule has 0 saturated heterocycles. The molecule has 0 spiro atoms. The molecule has 1 atom stereocenters. The van der Waals surface area contributed by atoms with E-state index in [-0.39, 0.29) is 18.4 Å². The van der Waals surface area contributed by atoms with Crippen molar-refractivity contribution in [1.82, 2.24) is 10.6 Å². The fourth-order valence-electron chi connectivity index (χ4n) is 1.54. The second kappa shape index (κ2) is 12.7. The van der Waals surface area contributed by atoms with E-state index >= 15 is 0 Å². The predicted molar refractivity (Wildman–Crippen MR) is 78.7 cm³/mol. The van der Waals surface area contributed by atoms with Crippen molar-refractivity contribution in [2.75, 3.05) is 40.0 Å². The first-order chi connectivity index (χ1) is 9.61.